The molecule has 0 radical (unpaired) electrons. The Hall–Kier alpha value is -3.24. The van der Waals surface area contributed by atoms with Gasteiger partial charge in [-0.2, -0.15) is 0 Å². The van der Waals surface area contributed by atoms with E-state index in [1.54, 1.807) is 18.2 Å². The van der Waals surface area contributed by atoms with E-state index in [-0.39, 0.29) is 22.9 Å². The van der Waals surface area contributed by atoms with Crippen molar-refractivity contribution in [1.82, 2.24) is 10.0 Å². The van der Waals surface area contributed by atoms with Crippen LogP contribution < -0.4 is 14.8 Å². The van der Waals surface area contributed by atoms with Gasteiger partial charge in [0.25, 0.3) is 5.69 Å². The van der Waals surface area contributed by atoms with Gasteiger partial charge in [0.1, 0.15) is 10.6 Å². The SMILES string of the molecule is CNS(=O)(=O)c1cc(C=CC(=O)NCc2ccc([N+](=O)[O-])cc2)ccc1OC. The summed E-state index contributed by atoms with van der Waals surface area (Å²) in [4.78, 5) is 22.1. The lowest BCUT2D eigenvalue weighted by Gasteiger charge is -2.09. The van der Waals surface area contributed by atoms with Crippen molar-refractivity contribution in [2.45, 2.75) is 11.4 Å². The van der Waals surface area contributed by atoms with E-state index in [1.165, 1.54) is 50.6 Å². The van der Waals surface area contributed by atoms with E-state index < -0.39 is 20.9 Å². The molecule has 0 spiro atoms. The van der Waals surface area contributed by atoms with E-state index in [1.807, 2.05) is 0 Å². The molecular weight excluding hydrogens is 386 g/mol. The van der Waals surface area contributed by atoms with Gasteiger partial charge in [-0.3, -0.25) is 14.9 Å². The van der Waals surface area contributed by atoms with Gasteiger partial charge in [0.15, 0.2) is 0 Å². The summed E-state index contributed by atoms with van der Waals surface area (Å²) >= 11 is 0. The van der Waals surface area contributed by atoms with Gasteiger partial charge in [-0.1, -0.05) is 18.2 Å². The molecule has 0 unspecified atom stereocenters. The highest BCUT2D eigenvalue weighted by atomic mass is 32.2. The largest absolute Gasteiger partial charge is 0.495 e. The molecule has 2 N–H and O–H groups in total. The van der Waals surface area contributed by atoms with Crippen molar-refractivity contribution in [2.75, 3.05) is 14.2 Å². The maximum absolute atomic E-state index is 12.1. The molecule has 0 saturated carbocycles. The second-order valence-corrected chi connectivity index (χ2v) is 7.45. The Balaban J connectivity index is 2.05. The van der Waals surface area contributed by atoms with E-state index in [0.29, 0.717) is 11.1 Å². The van der Waals surface area contributed by atoms with Crippen LogP contribution in [0.1, 0.15) is 11.1 Å². The summed E-state index contributed by atoms with van der Waals surface area (Å²) < 4.78 is 31.4. The number of ether oxygens (including phenoxy) is 1. The molecule has 2 aromatic rings. The average Bonchev–Trinajstić information content (AvgIpc) is 2.70. The summed E-state index contributed by atoms with van der Waals surface area (Å²) in [6.07, 6.45) is 2.74. The van der Waals surface area contributed by atoms with Crippen LogP contribution in [0.5, 0.6) is 5.75 Å². The minimum Gasteiger partial charge on any atom is -0.495 e. The van der Waals surface area contributed by atoms with Crippen LogP contribution in [0, 0.1) is 10.1 Å². The van der Waals surface area contributed by atoms with E-state index >= 15 is 0 Å². The molecule has 148 valence electrons. The zero-order valence-electron chi connectivity index (χ0n) is 15.2. The van der Waals surface area contributed by atoms with Crippen molar-refractivity contribution >= 4 is 27.7 Å². The van der Waals surface area contributed by atoms with Crippen LogP contribution in [-0.4, -0.2) is 33.4 Å². The third-order valence-electron chi connectivity index (χ3n) is 3.79. The van der Waals surface area contributed by atoms with Crippen LogP contribution >= 0.6 is 0 Å². The summed E-state index contributed by atoms with van der Waals surface area (Å²) in [6.45, 7) is 0.198. The van der Waals surface area contributed by atoms with Crippen molar-refractivity contribution in [3.63, 3.8) is 0 Å². The van der Waals surface area contributed by atoms with Gasteiger partial charge >= 0.3 is 0 Å². The molecule has 2 aromatic carbocycles. The quantitative estimate of drug-likeness (QED) is 0.392. The van der Waals surface area contributed by atoms with Crippen LogP contribution in [0.3, 0.4) is 0 Å². The van der Waals surface area contributed by atoms with Gasteiger partial charge in [0.05, 0.1) is 12.0 Å². The van der Waals surface area contributed by atoms with Gasteiger partial charge in [-0.15, -0.1) is 0 Å². The second-order valence-electron chi connectivity index (χ2n) is 5.59. The zero-order chi connectivity index (χ0) is 20.7. The molecule has 0 aliphatic heterocycles. The summed E-state index contributed by atoms with van der Waals surface area (Å²) in [5.41, 5.74) is 1.18. The lowest BCUT2D eigenvalue weighted by atomic mass is 10.2. The highest BCUT2D eigenvalue weighted by Crippen LogP contribution is 2.25. The molecule has 28 heavy (non-hydrogen) atoms. The Morgan fingerprint density at radius 3 is 2.46 bits per heavy atom. The van der Waals surface area contributed by atoms with E-state index in [2.05, 4.69) is 10.0 Å². The van der Waals surface area contributed by atoms with Gasteiger partial charge in [0.2, 0.25) is 15.9 Å². The normalized spacial score (nSPS) is 11.4. The van der Waals surface area contributed by atoms with Crippen molar-refractivity contribution in [3.8, 4) is 5.75 Å². The molecule has 0 heterocycles. The monoisotopic (exact) mass is 405 g/mol. The Morgan fingerprint density at radius 1 is 1.21 bits per heavy atom. The van der Waals surface area contributed by atoms with Crippen molar-refractivity contribution in [3.05, 3.63) is 69.8 Å². The fraction of sp³-hybridized carbons (Fsp3) is 0.167. The van der Waals surface area contributed by atoms with E-state index in [4.69, 9.17) is 4.74 Å². The first kappa shape index (κ1) is 21.1. The molecular formula is C18H19N3O6S. The maximum atomic E-state index is 12.1. The number of methoxy groups -OCH3 is 1. The van der Waals surface area contributed by atoms with Gasteiger partial charge in [-0.25, -0.2) is 13.1 Å². The zero-order valence-corrected chi connectivity index (χ0v) is 16.0. The van der Waals surface area contributed by atoms with Crippen LogP contribution in [0.15, 0.2) is 53.4 Å². The Bertz CT molecular complexity index is 1000. The predicted molar refractivity (Wildman–Crippen MR) is 103 cm³/mol. The molecule has 0 aromatic heterocycles. The lowest BCUT2D eigenvalue weighted by molar-refractivity contribution is -0.384. The number of amides is 1. The number of rotatable bonds is 8. The van der Waals surface area contributed by atoms with Crippen LogP contribution in [0.4, 0.5) is 5.69 Å². The first-order valence-electron chi connectivity index (χ1n) is 8.07. The fourth-order valence-corrected chi connectivity index (χ4v) is 3.20. The third kappa shape index (κ3) is 5.38. The number of benzene rings is 2. The number of nitrogens with one attached hydrogen (secondary N) is 2. The molecule has 0 bridgehead atoms. The van der Waals surface area contributed by atoms with Crippen LogP contribution in [-0.2, 0) is 21.4 Å². The smallest absolute Gasteiger partial charge is 0.269 e. The van der Waals surface area contributed by atoms with Gasteiger partial charge < -0.3 is 10.1 Å². The molecule has 0 fully saturated rings. The highest BCUT2D eigenvalue weighted by molar-refractivity contribution is 7.89. The number of non-ortho nitro benzene ring substituents is 1. The molecule has 0 aliphatic rings. The third-order valence-corrected chi connectivity index (χ3v) is 5.22. The fourth-order valence-electron chi connectivity index (χ4n) is 2.27. The Kier molecular flexibility index (Phi) is 6.85. The lowest BCUT2D eigenvalue weighted by Crippen LogP contribution is -2.20. The van der Waals surface area contributed by atoms with Crippen molar-refractivity contribution in [1.29, 1.82) is 0 Å². The number of hydrogen-bond donors (Lipinski definition) is 2. The summed E-state index contributed by atoms with van der Waals surface area (Å²) in [5, 5.41) is 13.3. The molecule has 1 amide bonds. The van der Waals surface area contributed by atoms with E-state index in [9.17, 15) is 23.3 Å². The highest BCUT2D eigenvalue weighted by Gasteiger charge is 2.17. The second kappa shape index (κ2) is 9.11. The minimum absolute atomic E-state index is 0.0261. The van der Waals surface area contributed by atoms with Crippen molar-refractivity contribution in [2.24, 2.45) is 0 Å². The first-order chi connectivity index (χ1) is 13.3. The molecule has 9 nitrogen and oxygen atoms in total. The van der Waals surface area contributed by atoms with Crippen LogP contribution in [0.2, 0.25) is 0 Å². The number of nitro benzene ring substituents is 1. The number of carbonyl (C=O) groups is 1. The number of carbonyl (C=O) groups excluding carboxylic acids is 1. The Morgan fingerprint density at radius 2 is 1.89 bits per heavy atom. The van der Waals surface area contributed by atoms with Gasteiger partial charge in [0, 0.05) is 24.8 Å². The standard InChI is InChI=1S/C18H19N3O6S/c1-19-28(25,26)17-11-13(5-9-16(17)27-2)6-10-18(22)20-12-14-3-7-15(8-4-14)21(23)24/h3-11,19H,12H2,1-2H3,(H,20,22). The summed E-state index contributed by atoms with van der Waals surface area (Å²) in [6, 6.07) is 10.3. The van der Waals surface area contributed by atoms with E-state index in [0.717, 1.165) is 0 Å². The number of sulfonamides is 1. The van der Waals surface area contributed by atoms with Gasteiger partial charge in [-0.05, 0) is 36.4 Å². The average molecular weight is 405 g/mol. The number of nitrogens with zero attached hydrogens (tertiary/aromatic N) is 1. The van der Waals surface area contributed by atoms with Crippen molar-refractivity contribution < 1.29 is 22.9 Å². The first-order valence-corrected chi connectivity index (χ1v) is 9.56. The summed E-state index contributed by atoms with van der Waals surface area (Å²) in [7, 11) is -1.05. The Labute approximate surface area is 162 Å². The number of hydrogen-bond acceptors (Lipinski definition) is 6. The topological polar surface area (TPSA) is 128 Å². The molecule has 0 aliphatic carbocycles. The minimum atomic E-state index is -3.72. The van der Waals surface area contributed by atoms with Crippen LogP contribution in [0.25, 0.3) is 6.08 Å². The molecule has 10 heteroatoms. The molecule has 0 atom stereocenters. The molecule has 2 rings (SSSR count). The number of nitro groups is 1. The predicted octanol–water partition coefficient (Wildman–Crippen LogP) is 1.84. The summed E-state index contributed by atoms with van der Waals surface area (Å²) in [5.74, 6) is -0.207. The molecule has 0 saturated heterocycles. The maximum Gasteiger partial charge on any atom is 0.269 e.